The normalized spacial score (nSPS) is 12.0. The van der Waals surface area contributed by atoms with Crippen LogP contribution >= 0.6 is 15.9 Å². The first kappa shape index (κ1) is 28.5. The molecule has 3 rings (SSSR count). The molecule has 2 amide bonds. The van der Waals surface area contributed by atoms with Gasteiger partial charge in [-0.15, -0.1) is 0 Å². The summed E-state index contributed by atoms with van der Waals surface area (Å²) >= 11 is 3.52. The molecule has 1 atom stereocenters. The smallest absolute Gasteiger partial charge is 0.261 e. The minimum atomic E-state index is -0.674. The number of amides is 2. The van der Waals surface area contributed by atoms with E-state index < -0.39 is 6.04 Å². The molecule has 6 heteroatoms. The van der Waals surface area contributed by atoms with Crippen molar-refractivity contribution in [3.05, 3.63) is 100 Å². The lowest BCUT2D eigenvalue weighted by Gasteiger charge is -2.31. The van der Waals surface area contributed by atoms with Gasteiger partial charge in [-0.05, 0) is 52.8 Å². The maximum Gasteiger partial charge on any atom is 0.261 e. The molecule has 3 aromatic carbocycles. The molecule has 0 aromatic heterocycles. The third kappa shape index (κ3) is 8.74. The van der Waals surface area contributed by atoms with Crippen molar-refractivity contribution >= 4 is 27.7 Å². The number of carbonyl (C=O) groups excluding carboxylic acids is 2. The van der Waals surface area contributed by atoms with Gasteiger partial charge in [0, 0.05) is 24.0 Å². The van der Waals surface area contributed by atoms with E-state index in [1.165, 1.54) is 5.56 Å². The predicted octanol–water partition coefficient (Wildman–Crippen LogP) is 6.29. The monoisotopic (exact) mass is 564 g/mol. The van der Waals surface area contributed by atoms with Gasteiger partial charge in [-0.25, -0.2) is 0 Å². The Morgan fingerprint density at radius 3 is 2.24 bits per heavy atom. The highest BCUT2D eigenvalue weighted by Crippen LogP contribution is 2.24. The molecule has 196 valence electrons. The van der Waals surface area contributed by atoms with Crippen LogP contribution in [0.15, 0.2) is 83.3 Å². The molecule has 0 aliphatic carbocycles. The number of carbonyl (C=O) groups is 2. The topological polar surface area (TPSA) is 58.6 Å². The van der Waals surface area contributed by atoms with Crippen LogP contribution in [0.4, 0.5) is 0 Å². The van der Waals surface area contributed by atoms with E-state index in [9.17, 15) is 9.59 Å². The van der Waals surface area contributed by atoms with Gasteiger partial charge in [0.2, 0.25) is 5.91 Å². The minimum Gasteiger partial charge on any atom is -0.484 e. The van der Waals surface area contributed by atoms with Crippen LogP contribution in [0, 0.1) is 0 Å². The Morgan fingerprint density at radius 1 is 0.946 bits per heavy atom. The fourth-order valence-electron chi connectivity index (χ4n) is 4.03. The van der Waals surface area contributed by atoms with Gasteiger partial charge in [0.1, 0.15) is 11.8 Å². The van der Waals surface area contributed by atoms with Gasteiger partial charge < -0.3 is 15.0 Å². The second kappa shape index (κ2) is 13.4. The summed E-state index contributed by atoms with van der Waals surface area (Å²) in [6.45, 7) is 9.17. The van der Waals surface area contributed by atoms with Gasteiger partial charge in [0.15, 0.2) is 6.61 Å². The van der Waals surface area contributed by atoms with Crippen LogP contribution < -0.4 is 10.1 Å². The first-order valence-corrected chi connectivity index (χ1v) is 13.6. The summed E-state index contributed by atoms with van der Waals surface area (Å²) in [5.41, 5.74) is 3.15. The SMILES string of the molecule is CCCNC(=O)[C@H](Cc1ccccc1)N(Cc1cccc(Br)c1)C(=O)COc1ccc(C(C)(C)C)cc1. The molecular weight excluding hydrogens is 528 g/mol. The van der Waals surface area contributed by atoms with Gasteiger partial charge in [-0.1, -0.05) is 98.2 Å². The number of benzene rings is 3. The third-order valence-electron chi connectivity index (χ3n) is 6.14. The first-order chi connectivity index (χ1) is 17.7. The molecule has 0 unspecified atom stereocenters. The van der Waals surface area contributed by atoms with Crippen molar-refractivity contribution in [1.82, 2.24) is 10.2 Å². The molecule has 1 N–H and O–H groups in total. The summed E-state index contributed by atoms with van der Waals surface area (Å²) in [6.07, 6.45) is 1.23. The molecule has 0 saturated heterocycles. The van der Waals surface area contributed by atoms with Crippen LogP contribution in [-0.2, 0) is 28.0 Å². The lowest BCUT2D eigenvalue weighted by Crippen LogP contribution is -2.51. The lowest BCUT2D eigenvalue weighted by atomic mass is 9.87. The lowest BCUT2D eigenvalue weighted by molar-refractivity contribution is -0.142. The molecule has 5 nitrogen and oxygen atoms in total. The van der Waals surface area contributed by atoms with Crippen molar-refractivity contribution in [1.29, 1.82) is 0 Å². The highest BCUT2D eigenvalue weighted by Gasteiger charge is 2.30. The van der Waals surface area contributed by atoms with Crippen molar-refractivity contribution in [2.45, 2.75) is 58.5 Å². The highest BCUT2D eigenvalue weighted by molar-refractivity contribution is 9.10. The van der Waals surface area contributed by atoms with Crippen LogP contribution in [0.2, 0.25) is 0 Å². The molecule has 0 spiro atoms. The average Bonchev–Trinajstić information content (AvgIpc) is 2.88. The second-order valence-electron chi connectivity index (χ2n) is 10.2. The Bertz CT molecular complexity index is 1160. The summed E-state index contributed by atoms with van der Waals surface area (Å²) in [6, 6.07) is 24.7. The molecule has 3 aromatic rings. The molecule has 0 aliphatic rings. The molecule has 0 radical (unpaired) electrons. The van der Waals surface area contributed by atoms with Crippen LogP contribution in [0.3, 0.4) is 0 Å². The van der Waals surface area contributed by atoms with Crippen molar-refractivity contribution in [2.24, 2.45) is 0 Å². The molecular formula is C31H37BrN2O3. The summed E-state index contributed by atoms with van der Waals surface area (Å²) in [7, 11) is 0. The molecule has 0 saturated carbocycles. The van der Waals surface area contributed by atoms with E-state index in [-0.39, 0.29) is 23.8 Å². The Balaban J connectivity index is 1.86. The van der Waals surface area contributed by atoms with E-state index in [1.54, 1.807) is 4.90 Å². The number of halogens is 1. The zero-order chi connectivity index (χ0) is 26.8. The van der Waals surface area contributed by atoms with Crippen molar-refractivity contribution in [2.75, 3.05) is 13.2 Å². The molecule has 0 aliphatic heterocycles. The summed E-state index contributed by atoms with van der Waals surface area (Å²) < 4.78 is 6.83. The largest absolute Gasteiger partial charge is 0.484 e. The van der Waals surface area contributed by atoms with E-state index in [0.717, 1.165) is 22.0 Å². The van der Waals surface area contributed by atoms with Crippen molar-refractivity contribution in [3.63, 3.8) is 0 Å². The van der Waals surface area contributed by atoms with E-state index in [1.807, 2.05) is 85.8 Å². The number of ether oxygens (including phenoxy) is 1. The molecule has 37 heavy (non-hydrogen) atoms. The Hall–Kier alpha value is -3.12. The number of nitrogens with one attached hydrogen (secondary N) is 1. The fourth-order valence-corrected chi connectivity index (χ4v) is 4.48. The zero-order valence-corrected chi connectivity index (χ0v) is 23.8. The van der Waals surface area contributed by atoms with Gasteiger partial charge in [0.25, 0.3) is 5.91 Å². The standard InChI is InChI=1S/C31H37BrN2O3/c1-5-18-33-30(36)28(20-23-10-7-6-8-11-23)34(21-24-12-9-13-26(32)19-24)29(35)22-37-27-16-14-25(15-17-27)31(2,3)4/h6-17,19,28H,5,18,20-22H2,1-4H3,(H,33,36)/t28-/m0/s1. The van der Waals surface area contributed by atoms with Crippen LogP contribution in [-0.4, -0.2) is 35.9 Å². The van der Waals surface area contributed by atoms with Gasteiger partial charge in [-0.2, -0.15) is 0 Å². The number of rotatable bonds is 11. The second-order valence-corrected chi connectivity index (χ2v) is 11.1. The van der Waals surface area contributed by atoms with E-state index in [2.05, 4.69) is 42.0 Å². The maximum absolute atomic E-state index is 13.7. The quantitative estimate of drug-likeness (QED) is 0.297. The third-order valence-corrected chi connectivity index (χ3v) is 6.64. The molecule has 0 fully saturated rings. The van der Waals surface area contributed by atoms with E-state index in [0.29, 0.717) is 25.3 Å². The number of hydrogen-bond donors (Lipinski definition) is 1. The highest BCUT2D eigenvalue weighted by atomic mass is 79.9. The Labute approximate surface area is 229 Å². The fraction of sp³-hybridized carbons (Fsp3) is 0.355. The van der Waals surface area contributed by atoms with Gasteiger partial charge in [-0.3, -0.25) is 9.59 Å². The average molecular weight is 566 g/mol. The van der Waals surface area contributed by atoms with Gasteiger partial charge >= 0.3 is 0 Å². The minimum absolute atomic E-state index is 0.0333. The van der Waals surface area contributed by atoms with Crippen LogP contribution in [0.1, 0.15) is 50.8 Å². The molecule has 0 bridgehead atoms. The van der Waals surface area contributed by atoms with Crippen LogP contribution in [0.25, 0.3) is 0 Å². The Kier molecular flexibility index (Phi) is 10.3. The van der Waals surface area contributed by atoms with E-state index in [4.69, 9.17) is 4.74 Å². The van der Waals surface area contributed by atoms with Gasteiger partial charge in [0.05, 0.1) is 0 Å². The predicted molar refractivity (Wildman–Crippen MR) is 153 cm³/mol. The molecule has 0 heterocycles. The number of hydrogen-bond acceptors (Lipinski definition) is 3. The Morgan fingerprint density at radius 2 is 1.62 bits per heavy atom. The van der Waals surface area contributed by atoms with Crippen LogP contribution in [0.5, 0.6) is 5.75 Å². The van der Waals surface area contributed by atoms with Crippen molar-refractivity contribution < 1.29 is 14.3 Å². The van der Waals surface area contributed by atoms with E-state index >= 15 is 0 Å². The summed E-state index contributed by atoms with van der Waals surface area (Å²) in [5, 5.41) is 3.00. The summed E-state index contributed by atoms with van der Waals surface area (Å²) in [4.78, 5) is 28.7. The first-order valence-electron chi connectivity index (χ1n) is 12.8. The zero-order valence-electron chi connectivity index (χ0n) is 22.2. The maximum atomic E-state index is 13.7. The summed E-state index contributed by atoms with van der Waals surface area (Å²) in [5.74, 6) is 0.217. The van der Waals surface area contributed by atoms with Crippen molar-refractivity contribution in [3.8, 4) is 5.75 Å². The number of nitrogens with zero attached hydrogens (tertiary/aromatic N) is 1.